The van der Waals surface area contributed by atoms with Crippen molar-refractivity contribution >= 4 is 5.97 Å². The summed E-state index contributed by atoms with van der Waals surface area (Å²) in [6, 6.07) is 7.40. The van der Waals surface area contributed by atoms with Crippen LogP contribution < -0.4 is 15.2 Å². The van der Waals surface area contributed by atoms with Gasteiger partial charge in [0.25, 0.3) is 0 Å². The molecule has 2 N–H and O–H groups in total. The van der Waals surface area contributed by atoms with Gasteiger partial charge >= 0.3 is 5.97 Å². The molecule has 7 heteroatoms. The SMILES string of the molecule is COc1ccc(F)c(C(c2cc(OC)ccc2F)[C@H](C)OC(=O)[C@H](C)N)c1. The maximum Gasteiger partial charge on any atom is 0.322 e. The van der Waals surface area contributed by atoms with Gasteiger partial charge in [-0.3, -0.25) is 4.79 Å². The average molecular weight is 379 g/mol. The van der Waals surface area contributed by atoms with Crippen molar-refractivity contribution in [1.29, 1.82) is 0 Å². The molecule has 27 heavy (non-hydrogen) atoms. The largest absolute Gasteiger partial charge is 0.497 e. The topological polar surface area (TPSA) is 70.8 Å². The predicted octanol–water partition coefficient (Wildman–Crippen LogP) is 3.39. The van der Waals surface area contributed by atoms with E-state index in [4.69, 9.17) is 19.9 Å². The third kappa shape index (κ3) is 4.74. The van der Waals surface area contributed by atoms with E-state index < -0.39 is 35.7 Å². The molecule has 0 fully saturated rings. The molecule has 5 nitrogen and oxygen atoms in total. The zero-order valence-electron chi connectivity index (χ0n) is 15.7. The van der Waals surface area contributed by atoms with Crippen LogP contribution in [0, 0.1) is 11.6 Å². The molecular weight excluding hydrogens is 356 g/mol. The van der Waals surface area contributed by atoms with Crippen molar-refractivity contribution in [3.05, 3.63) is 59.2 Å². The van der Waals surface area contributed by atoms with Gasteiger partial charge in [0.1, 0.15) is 35.3 Å². The molecule has 0 amide bonds. The van der Waals surface area contributed by atoms with Crippen LogP contribution in [0.3, 0.4) is 0 Å². The van der Waals surface area contributed by atoms with Crippen LogP contribution in [-0.4, -0.2) is 32.3 Å². The number of benzene rings is 2. The summed E-state index contributed by atoms with van der Waals surface area (Å²) in [4.78, 5) is 12.0. The highest BCUT2D eigenvalue weighted by molar-refractivity contribution is 5.75. The van der Waals surface area contributed by atoms with Gasteiger partial charge in [-0.2, -0.15) is 0 Å². The molecule has 2 rings (SSSR count). The fourth-order valence-electron chi connectivity index (χ4n) is 2.81. The first-order valence-electron chi connectivity index (χ1n) is 8.41. The maximum atomic E-state index is 14.6. The van der Waals surface area contributed by atoms with Crippen molar-refractivity contribution in [2.45, 2.75) is 31.9 Å². The van der Waals surface area contributed by atoms with Crippen LogP contribution in [0.4, 0.5) is 8.78 Å². The van der Waals surface area contributed by atoms with Crippen molar-refractivity contribution in [3.8, 4) is 11.5 Å². The Morgan fingerprint density at radius 3 is 1.74 bits per heavy atom. The molecule has 0 radical (unpaired) electrons. The highest BCUT2D eigenvalue weighted by atomic mass is 19.1. The average Bonchev–Trinajstić information content (AvgIpc) is 2.64. The molecule has 2 atom stereocenters. The Balaban J connectivity index is 2.60. The van der Waals surface area contributed by atoms with Crippen LogP contribution in [0.5, 0.6) is 11.5 Å². The van der Waals surface area contributed by atoms with Gasteiger partial charge in [0.05, 0.1) is 20.1 Å². The molecule has 2 aromatic rings. The van der Waals surface area contributed by atoms with E-state index in [1.54, 1.807) is 6.92 Å². The first-order chi connectivity index (χ1) is 12.8. The normalized spacial score (nSPS) is 13.2. The van der Waals surface area contributed by atoms with Gasteiger partial charge in [-0.15, -0.1) is 0 Å². The van der Waals surface area contributed by atoms with Gasteiger partial charge < -0.3 is 19.9 Å². The smallest absolute Gasteiger partial charge is 0.322 e. The van der Waals surface area contributed by atoms with Gasteiger partial charge in [-0.25, -0.2) is 8.78 Å². The summed E-state index contributed by atoms with van der Waals surface area (Å²) in [5.41, 5.74) is 5.81. The fourth-order valence-corrected chi connectivity index (χ4v) is 2.81. The van der Waals surface area contributed by atoms with Crippen molar-refractivity contribution in [2.24, 2.45) is 5.73 Å². The van der Waals surface area contributed by atoms with Crippen LogP contribution in [0.1, 0.15) is 30.9 Å². The number of halogens is 2. The lowest BCUT2D eigenvalue weighted by Gasteiger charge is -2.27. The molecule has 0 saturated carbocycles. The minimum absolute atomic E-state index is 0.131. The lowest BCUT2D eigenvalue weighted by atomic mass is 9.86. The molecule has 0 spiro atoms. The predicted molar refractivity (Wildman–Crippen MR) is 97.0 cm³/mol. The van der Waals surface area contributed by atoms with Crippen molar-refractivity contribution in [2.75, 3.05) is 14.2 Å². The van der Waals surface area contributed by atoms with Gasteiger partial charge in [0, 0.05) is 11.1 Å². The quantitative estimate of drug-likeness (QED) is 0.747. The monoisotopic (exact) mass is 379 g/mol. The Morgan fingerprint density at radius 2 is 1.37 bits per heavy atom. The zero-order valence-corrected chi connectivity index (χ0v) is 15.7. The molecule has 0 aliphatic carbocycles. The van der Waals surface area contributed by atoms with Gasteiger partial charge in [0.2, 0.25) is 0 Å². The Morgan fingerprint density at radius 1 is 0.926 bits per heavy atom. The number of carbonyl (C=O) groups excluding carboxylic acids is 1. The second-order valence-electron chi connectivity index (χ2n) is 6.18. The van der Waals surface area contributed by atoms with Crippen LogP contribution in [0.25, 0.3) is 0 Å². The first kappa shape index (κ1) is 20.6. The second-order valence-corrected chi connectivity index (χ2v) is 6.18. The lowest BCUT2D eigenvalue weighted by molar-refractivity contribution is -0.150. The van der Waals surface area contributed by atoms with Crippen LogP contribution >= 0.6 is 0 Å². The summed E-state index contributed by atoms with van der Waals surface area (Å²) < 4.78 is 45.0. The summed E-state index contributed by atoms with van der Waals surface area (Å²) in [5.74, 6) is -1.97. The molecule has 0 bridgehead atoms. The van der Waals surface area contributed by atoms with Gasteiger partial charge in [0.15, 0.2) is 0 Å². The Bertz CT molecular complexity index is 757. The number of methoxy groups -OCH3 is 2. The third-order valence-corrected chi connectivity index (χ3v) is 4.22. The number of carbonyl (C=O) groups is 1. The number of ether oxygens (including phenoxy) is 3. The Hall–Kier alpha value is -2.67. The summed E-state index contributed by atoms with van der Waals surface area (Å²) >= 11 is 0. The summed E-state index contributed by atoms with van der Waals surface area (Å²) in [5, 5.41) is 0. The highest BCUT2D eigenvalue weighted by Gasteiger charge is 2.31. The number of nitrogens with two attached hydrogens (primary N) is 1. The van der Waals surface area contributed by atoms with E-state index in [0.717, 1.165) is 0 Å². The van der Waals surface area contributed by atoms with Gasteiger partial charge in [-0.05, 0) is 50.2 Å². The summed E-state index contributed by atoms with van der Waals surface area (Å²) in [6.45, 7) is 3.03. The number of hydrogen-bond donors (Lipinski definition) is 1. The molecule has 0 aliphatic rings. The van der Waals surface area contributed by atoms with Crippen molar-refractivity contribution in [1.82, 2.24) is 0 Å². The van der Waals surface area contributed by atoms with E-state index in [2.05, 4.69) is 0 Å². The standard InChI is InChI=1S/C20H23F2NO4/c1-11(23)20(24)27-12(2)19(15-9-13(25-3)5-7-17(15)21)16-10-14(26-4)6-8-18(16)22/h5-12,19H,23H2,1-4H3/t11-,12-/m0/s1. The van der Waals surface area contributed by atoms with Crippen LogP contribution in [0.15, 0.2) is 36.4 Å². The molecule has 0 aliphatic heterocycles. The molecule has 2 aromatic carbocycles. The second kappa shape index (κ2) is 8.81. The number of hydrogen-bond acceptors (Lipinski definition) is 5. The highest BCUT2D eigenvalue weighted by Crippen LogP contribution is 2.36. The molecule has 146 valence electrons. The number of rotatable bonds is 7. The summed E-state index contributed by atoms with van der Waals surface area (Å²) in [7, 11) is 2.88. The molecule has 0 unspecified atom stereocenters. The minimum atomic E-state index is -0.933. The fraction of sp³-hybridized carbons (Fsp3) is 0.350. The van der Waals surface area contributed by atoms with E-state index >= 15 is 0 Å². The molecular formula is C20H23F2NO4. The maximum absolute atomic E-state index is 14.6. The lowest BCUT2D eigenvalue weighted by Crippen LogP contribution is -2.34. The van der Waals surface area contributed by atoms with E-state index in [-0.39, 0.29) is 11.1 Å². The zero-order chi connectivity index (χ0) is 20.1. The Labute approximate surface area is 157 Å². The van der Waals surface area contributed by atoms with E-state index in [1.807, 2.05) is 0 Å². The van der Waals surface area contributed by atoms with Crippen LogP contribution in [0.2, 0.25) is 0 Å². The van der Waals surface area contributed by atoms with Crippen molar-refractivity contribution < 1.29 is 27.8 Å². The molecule has 0 aromatic heterocycles. The number of esters is 1. The van der Waals surface area contributed by atoms with E-state index in [9.17, 15) is 13.6 Å². The molecule has 0 saturated heterocycles. The van der Waals surface area contributed by atoms with Gasteiger partial charge in [-0.1, -0.05) is 0 Å². The van der Waals surface area contributed by atoms with E-state index in [0.29, 0.717) is 11.5 Å². The Kier molecular flexibility index (Phi) is 6.74. The minimum Gasteiger partial charge on any atom is -0.497 e. The van der Waals surface area contributed by atoms with Crippen LogP contribution in [-0.2, 0) is 9.53 Å². The van der Waals surface area contributed by atoms with E-state index in [1.165, 1.54) is 57.5 Å². The third-order valence-electron chi connectivity index (χ3n) is 4.22. The van der Waals surface area contributed by atoms with Crippen molar-refractivity contribution in [3.63, 3.8) is 0 Å². The summed E-state index contributed by atoms with van der Waals surface area (Å²) in [6.07, 6.45) is -0.897. The first-order valence-corrected chi connectivity index (χ1v) is 8.41. The molecule has 0 heterocycles.